The number of hydrogen-bond donors (Lipinski definition) is 0. The standard InChI is InChI=1S/C12H26N2O2/c1-6-16-10-12(15)14(9-11(2)3)8-7-13(4)5/h11H,6-10H2,1-5H3. The summed E-state index contributed by atoms with van der Waals surface area (Å²) in [7, 11) is 4.03. The minimum atomic E-state index is 0.0948. The van der Waals surface area contributed by atoms with Gasteiger partial charge in [0.2, 0.25) is 5.91 Å². The molecule has 0 aliphatic heterocycles. The van der Waals surface area contributed by atoms with Crippen LogP contribution >= 0.6 is 0 Å². The van der Waals surface area contributed by atoms with Crippen LogP contribution in [0, 0.1) is 5.92 Å². The Balaban J connectivity index is 4.12. The van der Waals surface area contributed by atoms with Gasteiger partial charge in [0, 0.05) is 26.2 Å². The van der Waals surface area contributed by atoms with Crippen LogP contribution in [0.4, 0.5) is 0 Å². The zero-order chi connectivity index (χ0) is 12.6. The van der Waals surface area contributed by atoms with Gasteiger partial charge in [0.05, 0.1) is 0 Å². The van der Waals surface area contributed by atoms with E-state index in [4.69, 9.17) is 4.74 Å². The Labute approximate surface area is 99.5 Å². The monoisotopic (exact) mass is 230 g/mol. The summed E-state index contributed by atoms with van der Waals surface area (Å²) in [5, 5.41) is 0. The molecule has 0 saturated heterocycles. The summed E-state index contributed by atoms with van der Waals surface area (Å²) < 4.78 is 5.16. The van der Waals surface area contributed by atoms with E-state index in [-0.39, 0.29) is 12.5 Å². The van der Waals surface area contributed by atoms with Crippen molar-refractivity contribution in [2.45, 2.75) is 20.8 Å². The van der Waals surface area contributed by atoms with Crippen molar-refractivity contribution in [2.24, 2.45) is 5.92 Å². The molecule has 0 saturated carbocycles. The van der Waals surface area contributed by atoms with Crippen molar-refractivity contribution in [2.75, 3.05) is 46.9 Å². The maximum atomic E-state index is 11.8. The maximum absolute atomic E-state index is 11.8. The Bertz CT molecular complexity index is 193. The SMILES string of the molecule is CCOCC(=O)N(CCN(C)C)CC(C)C. The van der Waals surface area contributed by atoms with Gasteiger partial charge in [-0.05, 0) is 26.9 Å². The van der Waals surface area contributed by atoms with Crippen LogP contribution < -0.4 is 0 Å². The number of amides is 1. The minimum absolute atomic E-state index is 0.0948. The second-order valence-electron chi connectivity index (χ2n) is 4.67. The van der Waals surface area contributed by atoms with Crippen molar-refractivity contribution in [1.29, 1.82) is 0 Å². The summed E-state index contributed by atoms with van der Waals surface area (Å²) in [4.78, 5) is 15.8. The molecule has 0 N–H and O–H groups in total. The van der Waals surface area contributed by atoms with E-state index >= 15 is 0 Å². The number of hydrogen-bond acceptors (Lipinski definition) is 3. The van der Waals surface area contributed by atoms with Crippen LogP contribution in [0.3, 0.4) is 0 Å². The zero-order valence-electron chi connectivity index (χ0n) is 11.3. The van der Waals surface area contributed by atoms with E-state index in [9.17, 15) is 4.79 Å². The smallest absolute Gasteiger partial charge is 0.248 e. The summed E-state index contributed by atoms with van der Waals surface area (Å²) in [5.74, 6) is 0.588. The van der Waals surface area contributed by atoms with E-state index in [1.54, 1.807) is 0 Å². The van der Waals surface area contributed by atoms with Crippen molar-refractivity contribution in [3.63, 3.8) is 0 Å². The third-order valence-corrected chi connectivity index (χ3v) is 2.19. The summed E-state index contributed by atoms with van der Waals surface area (Å²) in [6, 6.07) is 0. The molecule has 0 atom stereocenters. The van der Waals surface area contributed by atoms with Gasteiger partial charge in [0.1, 0.15) is 6.61 Å². The molecule has 0 heterocycles. The lowest BCUT2D eigenvalue weighted by atomic mass is 10.2. The largest absolute Gasteiger partial charge is 0.372 e. The van der Waals surface area contributed by atoms with Gasteiger partial charge in [-0.3, -0.25) is 4.79 Å². The molecule has 4 heteroatoms. The Morgan fingerprint density at radius 1 is 1.25 bits per heavy atom. The van der Waals surface area contributed by atoms with Gasteiger partial charge in [-0.1, -0.05) is 13.8 Å². The number of nitrogens with zero attached hydrogens (tertiary/aromatic N) is 2. The average molecular weight is 230 g/mol. The van der Waals surface area contributed by atoms with Crippen LogP contribution in [-0.4, -0.2) is 62.7 Å². The average Bonchev–Trinajstić information content (AvgIpc) is 2.19. The molecule has 0 aliphatic carbocycles. The first-order valence-corrected chi connectivity index (χ1v) is 5.97. The quantitative estimate of drug-likeness (QED) is 0.625. The Morgan fingerprint density at radius 3 is 2.31 bits per heavy atom. The van der Waals surface area contributed by atoms with Crippen molar-refractivity contribution in [1.82, 2.24) is 9.80 Å². The first kappa shape index (κ1) is 15.4. The van der Waals surface area contributed by atoms with Crippen LogP contribution in [0.15, 0.2) is 0 Å². The van der Waals surface area contributed by atoms with E-state index in [0.29, 0.717) is 12.5 Å². The van der Waals surface area contributed by atoms with Gasteiger partial charge >= 0.3 is 0 Å². The molecule has 0 spiro atoms. The Kier molecular flexibility index (Phi) is 8.21. The molecule has 0 aromatic heterocycles. The number of ether oxygens (including phenoxy) is 1. The van der Waals surface area contributed by atoms with E-state index < -0.39 is 0 Å². The van der Waals surface area contributed by atoms with Gasteiger partial charge in [0.25, 0.3) is 0 Å². The van der Waals surface area contributed by atoms with E-state index in [2.05, 4.69) is 18.7 Å². The first-order valence-electron chi connectivity index (χ1n) is 5.97. The summed E-state index contributed by atoms with van der Waals surface area (Å²) in [6.07, 6.45) is 0. The summed E-state index contributed by atoms with van der Waals surface area (Å²) >= 11 is 0. The van der Waals surface area contributed by atoms with E-state index in [1.807, 2.05) is 25.9 Å². The van der Waals surface area contributed by atoms with Gasteiger partial charge in [-0.2, -0.15) is 0 Å². The van der Waals surface area contributed by atoms with Gasteiger partial charge in [-0.25, -0.2) is 0 Å². The van der Waals surface area contributed by atoms with Gasteiger partial charge in [-0.15, -0.1) is 0 Å². The number of rotatable bonds is 8. The lowest BCUT2D eigenvalue weighted by Gasteiger charge is -2.26. The molecule has 16 heavy (non-hydrogen) atoms. The molecule has 4 nitrogen and oxygen atoms in total. The molecule has 0 aromatic carbocycles. The normalized spacial score (nSPS) is 11.2. The predicted octanol–water partition coefficient (Wildman–Crippen LogP) is 1.07. The number of likely N-dealkylation sites (N-methyl/N-ethyl adjacent to an activating group) is 1. The van der Waals surface area contributed by atoms with Gasteiger partial charge < -0.3 is 14.5 Å². The third kappa shape index (κ3) is 7.65. The van der Waals surface area contributed by atoms with Crippen molar-refractivity contribution >= 4 is 5.91 Å². The van der Waals surface area contributed by atoms with Crippen LogP contribution in [-0.2, 0) is 9.53 Å². The topological polar surface area (TPSA) is 32.8 Å². The summed E-state index contributed by atoms with van der Waals surface area (Å²) in [5.41, 5.74) is 0. The highest BCUT2D eigenvalue weighted by atomic mass is 16.5. The molecule has 0 unspecified atom stereocenters. The third-order valence-electron chi connectivity index (χ3n) is 2.19. The highest BCUT2D eigenvalue weighted by molar-refractivity contribution is 5.77. The highest BCUT2D eigenvalue weighted by Gasteiger charge is 2.14. The van der Waals surface area contributed by atoms with Crippen LogP contribution in [0.2, 0.25) is 0 Å². The lowest BCUT2D eigenvalue weighted by Crippen LogP contribution is -2.40. The highest BCUT2D eigenvalue weighted by Crippen LogP contribution is 2.00. The molecule has 0 aromatic rings. The molecule has 96 valence electrons. The van der Waals surface area contributed by atoms with Crippen molar-refractivity contribution in [3.8, 4) is 0 Å². The Morgan fingerprint density at radius 2 is 1.88 bits per heavy atom. The van der Waals surface area contributed by atoms with Gasteiger partial charge in [0.15, 0.2) is 0 Å². The number of carbonyl (C=O) groups excluding carboxylic acids is 1. The molecule has 0 bridgehead atoms. The molecular weight excluding hydrogens is 204 g/mol. The minimum Gasteiger partial charge on any atom is -0.372 e. The van der Waals surface area contributed by atoms with Crippen LogP contribution in [0.5, 0.6) is 0 Å². The van der Waals surface area contributed by atoms with Crippen molar-refractivity contribution < 1.29 is 9.53 Å². The second-order valence-corrected chi connectivity index (χ2v) is 4.67. The fourth-order valence-electron chi connectivity index (χ4n) is 1.36. The summed E-state index contributed by atoms with van der Waals surface area (Å²) in [6.45, 7) is 9.42. The fourth-order valence-corrected chi connectivity index (χ4v) is 1.36. The molecule has 0 radical (unpaired) electrons. The molecular formula is C12H26N2O2. The van der Waals surface area contributed by atoms with E-state index in [0.717, 1.165) is 19.6 Å². The fraction of sp³-hybridized carbons (Fsp3) is 0.917. The van der Waals surface area contributed by atoms with E-state index in [1.165, 1.54) is 0 Å². The van der Waals surface area contributed by atoms with Crippen LogP contribution in [0.25, 0.3) is 0 Å². The second kappa shape index (κ2) is 8.53. The molecule has 1 amide bonds. The first-order chi connectivity index (χ1) is 7.47. The molecule has 0 fully saturated rings. The zero-order valence-corrected chi connectivity index (χ0v) is 11.3. The Hall–Kier alpha value is -0.610. The maximum Gasteiger partial charge on any atom is 0.248 e. The lowest BCUT2D eigenvalue weighted by molar-refractivity contribution is -0.136. The number of carbonyl (C=O) groups is 1. The molecule has 0 aliphatic rings. The van der Waals surface area contributed by atoms with Crippen LogP contribution in [0.1, 0.15) is 20.8 Å². The predicted molar refractivity (Wildman–Crippen MR) is 66.5 cm³/mol. The van der Waals surface area contributed by atoms with Crippen molar-refractivity contribution in [3.05, 3.63) is 0 Å². The molecule has 0 rings (SSSR count).